The topological polar surface area (TPSA) is 70.7 Å². The van der Waals surface area contributed by atoms with Gasteiger partial charge >= 0.3 is 0 Å². The molecule has 0 unspecified atom stereocenters. The number of piperidine rings is 1. The van der Waals surface area contributed by atoms with Gasteiger partial charge in [-0.15, -0.1) is 12.4 Å². The van der Waals surface area contributed by atoms with Crippen LogP contribution >= 0.6 is 28.3 Å². The van der Waals surface area contributed by atoms with Crippen LogP contribution < -0.4 is 10.6 Å². The Morgan fingerprint density at radius 2 is 2.00 bits per heavy atom. The van der Waals surface area contributed by atoms with Gasteiger partial charge in [-0.3, -0.25) is 9.59 Å². The molecule has 0 radical (unpaired) electrons. The van der Waals surface area contributed by atoms with Gasteiger partial charge in [-0.1, -0.05) is 15.9 Å². The molecule has 1 aromatic carbocycles. The number of methoxy groups -OCH3 is 1. The Morgan fingerprint density at radius 1 is 1.36 bits per heavy atom. The molecule has 140 valence electrons. The highest BCUT2D eigenvalue weighted by Crippen LogP contribution is 2.25. The molecular weight excluding hydrogens is 410 g/mol. The van der Waals surface area contributed by atoms with Crippen LogP contribution in [0.1, 0.15) is 18.4 Å². The van der Waals surface area contributed by atoms with Gasteiger partial charge in [0.2, 0.25) is 5.91 Å². The van der Waals surface area contributed by atoms with E-state index in [-0.39, 0.29) is 30.8 Å². The quantitative estimate of drug-likeness (QED) is 0.746. The van der Waals surface area contributed by atoms with Crippen LogP contribution in [0.4, 0.5) is 5.69 Å². The van der Waals surface area contributed by atoms with Crippen molar-refractivity contribution in [3.8, 4) is 0 Å². The number of carbonyl (C=O) groups excluding carboxylic acids is 2. The van der Waals surface area contributed by atoms with E-state index in [1.54, 1.807) is 14.2 Å². The van der Waals surface area contributed by atoms with E-state index in [1.807, 2.05) is 25.1 Å². The van der Waals surface area contributed by atoms with Crippen molar-refractivity contribution in [2.75, 3.05) is 39.1 Å². The smallest absolute Gasteiger partial charge is 0.255 e. The van der Waals surface area contributed by atoms with E-state index < -0.39 is 5.60 Å². The molecule has 0 spiro atoms. The van der Waals surface area contributed by atoms with Gasteiger partial charge in [0.05, 0.1) is 6.54 Å². The van der Waals surface area contributed by atoms with Crippen LogP contribution in [0.3, 0.4) is 0 Å². The summed E-state index contributed by atoms with van der Waals surface area (Å²) < 4.78 is 6.48. The van der Waals surface area contributed by atoms with Crippen LogP contribution in [-0.4, -0.2) is 56.1 Å². The highest BCUT2D eigenvalue weighted by molar-refractivity contribution is 9.10. The summed E-state index contributed by atoms with van der Waals surface area (Å²) in [6.45, 7) is 3.38. The fourth-order valence-electron chi connectivity index (χ4n) is 2.93. The number of halogens is 2. The number of carbonyl (C=O) groups is 2. The number of rotatable bonds is 5. The molecule has 8 heteroatoms. The summed E-state index contributed by atoms with van der Waals surface area (Å²) in [5.41, 5.74) is 0.874. The first-order valence-electron chi connectivity index (χ1n) is 7.95. The standard InChI is InChI=1S/C17H24BrN3O3.ClH/c1-12-10-13(18)4-5-14(12)20-15(22)11-21(2)16(23)17(24-3)6-8-19-9-7-17;/h4-5,10,19H,6-9,11H2,1-3H3,(H,20,22);1H. The van der Waals surface area contributed by atoms with E-state index in [9.17, 15) is 9.59 Å². The van der Waals surface area contributed by atoms with Gasteiger partial charge in [-0.25, -0.2) is 0 Å². The molecule has 2 amide bonds. The maximum absolute atomic E-state index is 12.7. The lowest BCUT2D eigenvalue weighted by atomic mass is 9.90. The summed E-state index contributed by atoms with van der Waals surface area (Å²) in [6.07, 6.45) is 1.22. The average molecular weight is 435 g/mol. The monoisotopic (exact) mass is 433 g/mol. The van der Waals surface area contributed by atoms with Gasteiger partial charge < -0.3 is 20.3 Å². The van der Waals surface area contributed by atoms with Gasteiger partial charge in [-0.05, 0) is 56.6 Å². The Morgan fingerprint density at radius 3 is 2.56 bits per heavy atom. The minimum absolute atomic E-state index is 0. The number of nitrogens with zero attached hydrogens (tertiary/aromatic N) is 1. The summed E-state index contributed by atoms with van der Waals surface area (Å²) in [5.74, 6) is -0.370. The molecule has 1 saturated heterocycles. The Balaban J connectivity index is 0.00000312. The van der Waals surface area contributed by atoms with E-state index in [0.717, 1.165) is 28.8 Å². The molecular formula is C17H25BrClN3O3. The highest BCUT2D eigenvalue weighted by atomic mass is 79.9. The molecule has 1 heterocycles. The number of ether oxygens (including phenoxy) is 1. The number of amides is 2. The lowest BCUT2D eigenvalue weighted by Gasteiger charge is -2.37. The molecule has 0 aromatic heterocycles. The maximum atomic E-state index is 12.7. The minimum Gasteiger partial charge on any atom is -0.368 e. The first-order chi connectivity index (χ1) is 11.4. The fourth-order valence-corrected chi connectivity index (χ4v) is 3.40. The Labute approximate surface area is 163 Å². The van der Waals surface area contributed by atoms with Crippen LogP contribution in [0.25, 0.3) is 0 Å². The van der Waals surface area contributed by atoms with Crippen molar-refractivity contribution < 1.29 is 14.3 Å². The van der Waals surface area contributed by atoms with E-state index >= 15 is 0 Å². The molecule has 2 N–H and O–H groups in total. The summed E-state index contributed by atoms with van der Waals surface area (Å²) >= 11 is 3.40. The van der Waals surface area contributed by atoms with E-state index in [0.29, 0.717) is 12.8 Å². The zero-order chi connectivity index (χ0) is 17.7. The lowest BCUT2D eigenvalue weighted by Crippen LogP contribution is -2.55. The third kappa shape index (κ3) is 5.41. The second-order valence-electron chi connectivity index (χ2n) is 6.12. The van der Waals surface area contributed by atoms with Gasteiger partial charge in [-0.2, -0.15) is 0 Å². The largest absolute Gasteiger partial charge is 0.368 e. The normalized spacial score (nSPS) is 15.8. The van der Waals surface area contributed by atoms with Gasteiger partial charge in [0, 0.05) is 24.3 Å². The molecule has 1 fully saturated rings. The maximum Gasteiger partial charge on any atom is 0.255 e. The van der Waals surface area contributed by atoms with Crippen molar-refractivity contribution in [1.82, 2.24) is 10.2 Å². The van der Waals surface area contributed by atoms with Crippen molar-refractivity contribution in [2.24, 2.45) is 0 Å². The summed E-state index contributed by atoms with van der Waals surface area (Å²) in [6, 6.07) is 5.63. The van der Waals surface area contributed by atoms with Gasteiger partial charge in [0.1, 0.15) is 5.60 Å². The second kappa shape index (κ2) is 9.52. The molecule has 0 aliphatic carbocycles. The molecule has 6 nitrogen and oxygen atoms in total. The number of nitrogens with one attached hydrogen (secondary N) is 2. The number of hydrogen-bond donors (Lipinski definition) is 2. The zero-order valence-corrected chi connectivity index (χ0v) is 17.1. The van der Waals surface area contributed by atoms with E-state index in [1.165, 1.54) is 4.90 Å². The molecule has 1 aliphatic rings. The number of hydrogen-bond acceptors (Lipinski definition) is 4. The van der Waals surface area contributed by atoms with Crippen LogP contribution in [0.2, 0.25) is 0 Å². The molecule has 1 aliphatic heterocycles. The lowest BCUT2D eigenvalue weighted by molar-refractivity contribution is -0.157. The fraction of sp³-hybridized carbons (Fsp3) is 0.529. The Hall–Kier alpha value is -1.15. The molecule has 2 rings (SSSR count). The molecule has 0 atom stereocenters. The molecule has 1 aromatic rings. The average Bonchev–Trinajstić information content (AvgIpc) is 2.57. The summed E-state index contributed by atoms with van der Waals surface area (Å²) in [4.78, 5) is 26.5. The first kappa shape index (κ1) is 21.9. The van der Waals surface area contributed by atoms with E-state index in [2.05, 4.69) is 26.6 Å². The highest BCUT2D eigenvalue weighted by Gasteiger charge is 2.41. The Bertz CT molecular complexity index is 621. The van der Waals surface area contributed by atoms with Crippen molar-refractivity contribution in [3.63, 3.8) is 0 Å². The first-order valence-corrected chi connectivity index (χ1v) is 8.75. The van der Waals surface area contributed by atoms with Crippen LogP contribution in [0.5, 0.6) is 0 Å². The Kier molecular flexibility index (Phi) is 8.34. The summed E-state index contributed by atoms with van der Waals surface area (Å²) in [7, 11) is 3.20. The SMILES string of the molecule is COC1(C(=O)N(C)CC(=O)Nc2ccc(Br)cc2C)CCNCC1.Cl. The molecule has 25 heavy (non-hydrogen) atoms. The van der Waals surface area contributed by atoms with Gasteiger partial charge in [0.15, 0.2) is 0 Å². The van der Waals surface area contributed by atoms with Crippen LogP contribution in [0.15, 0.2) is 22.7 Å². The number of anilines is 1. The number of benzene rings is 1. The van der Waals surface area contributed by atoms with Crippen molar-refractivity contribution >= 4 is 45.8 Å². The zero-order valence-electron chi connectivity index (χ0n) is 14.7. The minimum atomic E-state index is -0.826. The third-order valence-corrected chi connectivity index (χ3v) is 4.87. The summed E-state index contributed by atoms with van der Waals surface area (Å²) in [5, 5.41) is 6.07. The molecule has 0 bridgehead atoms. The number of likely N-dealkylation sites (N-methyl/N-ethyl adjacent to an activating group) is 1. The molecule has 0 saturated carbocycles. The third-order valence-electron chi connectivity index (χ3n) is 4.38. The second-order valence-corrected chi connectivity index (χ2v) is 7.03. The van der Waals surface area contributed by atoms with Gasteiger partial charge in [0.25, 0.3) is 5.91 Å². The number of aryl methyl sites for hydroxylation is 1. The van der Waals surface area contributed by atoms with Crippen molar-refractivity contribution in [2.45, 2.75) is 25.4 Å². The van der Waals surface area contributed by atoms with E-state index in [4.69, 9.17) is 4.74 Å². The predicted molar refractivity (Wildman–Crippen MR) is 104 cm³/mol. The van der Waals surface area contributed by atoms with Crippen LogP contribution in [-0.2, 0) is 14.3 Å². The van der Waals surface area contributed by atoms with Crippen molar-refractivity contribution in [3.05, 3.63) is 28.2 Å². The van der Waals surface area contributed by atoms with Crippen molar-refractivity contribution in [1.29, 1.82) is 0 Å². The predicted octanol–water partition coefficient (Wildman–Crippen LogP) is 2.34. The van der Waals surface area contributed by atoms with Crippen LogP contribution in [0, 0.1) is 6.92 Å².